The summed E-state index contributed by atoms with van der Waals surface area (Å²) in [5, 5.41) is 9.17. The molecule has 2 heterocycles. The van der Waals surface area contributed by atoms with Gasteiger partial charge in [0.2, 0.25) is 5.91 Å². The first kappa shape index (κ1) is 13.7. The molecule has 0 aromatic carbocycles. The molecular weight excluding hydrogens is 268 g/mol. The number of aryl methyl sites for hydroxylation is 1. The smallest absolute Gasteiger partial charge is 0.227 e. The van der Waals surface area contributed by atoms with Gasteiger partial charge in [-0.25, -0.2) is 0 Å². The number of H-pyrrole nitrogens is 1. The van der Waals surface area contributed by atoms with E-state index in [1.807, 2.05) is 11.8 Å². The van der Waals surface area contributed by atoms with Crippen LogP contribution >= 0.6 is 23.6 Å². The molecule has 0 bridgehead atoms. The van der Waals surface area contributed by atoms with Gasteiger partial charge in [-0.05, 0) is 37.9 Å². The van der Waals surface area contributed by atoms with Crippen molar-refractivity contribution in [3.8, 4) is 0 Å². The molecule has 1 amide bonds. The molecule has 0 saturated carbocycles. The number of rotatable bonds is 3. The second-order valence-electron chi connectivity index (χ2n) is 4.77. The summed E-state index contributed by atoms with van der Waals surface area (Å²) in [7, 11) is 0. The first-order valence-electron chi connectivity index (χ1n) is 6.17. The summed E-state index contributed by atoms with van der Waals surface area (Å²) in [6.45, 7) is 3.61. The zero-order valence-corrected chi connectivity index (χ0v) is 12.1. The van der Waals surface area contributed by atoms with E-state index in [1.54, 1.807) is 0 Å². The fourth-order valence-electron chi connectivity index (χ4n) is 2.30. The fraction of sp³-hybridized carbons (Fsp3) is 0.667. The highest BCUT2D eigenvalue weighted by Crippen LogP contribution is 2.20. The first-order valence-corrected chi connectivity index (χ1v) is 7.40. The highest BCUT2D eigenvalue weighted by molar-refractivity contribution is 7.73. The SMILES string of the molecule is Cc1[nH]c(=S)sc1CC(=O)N1CCCC(CO)C1. The van der Waals surface area contributed by atoms with Gasteiger partial charge < -0.3 is 15.0 Å². The lowest BCUT2D eigenvalue weighted by Gasteiger charge is -2.31. The lowest BCUT2D eigenvalue weighted by molar-refractivity contribution is -0.132. The molecule has 0 radical (unpaired) electrons. The third kappa shape index (κ3) is 3.18. The van der Waals surface area contributed by atoms with Gasteiger partial charge in [0, 0.05) is 30.3 Å². The van der Waals surface area contributed by atoms with Crippen molar-refractivity contribution in [2.24, 2.45) is 5.92 Å². The number of likely N-dealkylation sites (tertiary alicyclic amines) is 1. The maximum Gasteiger partial charge on any atom is 0.227 e. The molecule has 1 aliphatic heterocycles. The Balaban J connectivity index is 1.99. The van der Waals surface area contributed by atoms with Crippen molar-refractivity contribution in [1.82, 2.24) is 9.88 Å². The van der Waals surface area contributed by atoms with Crippen LogP contribution in [0.5, 0.6) is 0 Å². The lowest BCUT2D eigenvalue weighted by atomic mass is 9.99. The van der Waals surface area contributed by atoms with Crippen LogP contribution in [0, 0.1) is 16.8 Å². The number of carbonyl (C=O) groups excluding carboxylic acids is 1. The molecular formula is C12H18N2O2S2. The highest BCUT2D eigenvalue weighted by Gasteiger charge is 2.23. The van der Waals surface area contributed by atoms with Crippen LogP contribution in [0.25, 0.3) is 0 Å². The van der Waals surface area contributed by atoms with E-state index in [4.69, 9.17) is 12.2 Å². The van der Waals surface area contributed by atoms with Gasteiger partial charge in [-0.1, -0.05) is 0 Å². The molecule has 1 atom stereocenters. The van der Waals surface area contributed by atoms with Gasteiger partial charge in [0.05, 0.1) is 6.42 Å². The number of carbonyl (C=O) groups is 1. The summed E-state index contributed by atoms with van der Waals surface area (Å²) in [4.78, 5) is 18.1. The Morgan fingerprint density at radius 2 is 2.44 bits per heavy atom. The van der Waals surface area contributed by atoms with Crippen molar-refractivity contribution in [2.45, 2.75) is 26.2 Å². The van der Waals surface area contributed by atoms with Crippen molar-refractivity contribution < 1.29 is 9.90 Å². The Kier molecular flexibility index (Phi) is 4.53. The van der Waals surface area contributed by atoms with Gasteiger partial charge in [-0.3, -0.25) is 4.79 Å². The van der Waals surface area contributed by atoms with Crippen molar-refractivity contribution >= 4 is 29.5 Å². The first-order chi connectivity index (χ1) is 8.60. The van der Waals surface area contributed by atoms with E-state index in [9.17, 15) is 9.90 Å². The van der Waals surface area contributed by atoms with Gasteiger partial charge in [-0.2, -0.15) is 0 Å². The number of piperidine rings is 1. The molecule has 6 heteroatoms. The van der Waals surface area contributed by atoms with E-state index in [0.29, 0.717) is 13.0 Å². The molecule has 1 saturated heterocycles. The molecule has 18 heavy (non-hydrogen) atoms. The summed E-state index contributed by atoms with van der Waals surface area (Å²) in [5.74, 6) is 0.384. The maximum absolute atomic E-state index is 12.2. The molecule has 2 N–H and O–H groups in total. The molecule has 1 aliphatic rings. The van der Waals surface area contributed by atoms with Crippen LogP contribution in [0.2, 0.25) is 0 Å². The number of thiazole rings is 1. The van der Waals surface area contributed by atoms with Gasteiger partial charge in [-0.15, -0.1) is 11.3 Å². The summed E-state index contributed by atoms with van der Waals surface area (Å²) < 4.78 is 0.724. The standard InChI is InChI=1S/C12H18N2O2S2/c1-8-10(18-12(17)13-8)5-11(16)14-4-2-3-9(6-14)7-15/h9,15H,2-7H2,1H3,(H,13,17). The Morgan fingerprint density at radius 3 is 3.06 bits per heavy atom. The molecule has 4 nitrogen and oxygen atoms in total. The number of amides is 1. The van der Waals surface area contributed by atoms with E-state index < -0.39 is 0 Å². The van der Waals surface area contributed by atoms with Gasteiger partial charge in [0.15, 0.2) is 3.95 Å². The summed E-state index contributed by atoms with van der Waals surface area (Å²) in [6.07, 6.45) is 2.42. The lowest BCUT2D eigenvalue weighted by Crippen LogP contribution is -2.41. The third-order valence-electron chi connectivity index (χ3n) is 3.37. The van der Waals surface area contributed by atoms with E-state index in [2.05, 4.69) is 4.98 Å². The molecule has 100 valence electrons. The van der Waals surface area contributed by atoms with Gasteiger partial charge in [0.1, 0.15) is 0 Å². The summed E-state index contributed by atoms with van der Waals surface area (Å²) in [6, 6.07) is 0. The molecule has 1 aromatic heterocycles. The van der Waals surface area contributed by atoms with Crippen LogP contribution < -0.4 is 0 Å². The van der Waals surface area contributed by atoms with Gasteiger partial charge >= 0.3 is 0 Å². The van der Waals surface area contributed by atoms with E-state index in [1.165, 1.54) is 11.3 Å². The molecule has 1 aromatic rings. The monoisotopic (exact) mass is 286 g/mol. The van der Waals surface area contributed by atoms with Gasteiger partial charge in [0.25, 0.3) is 0 Å². The number of aromatic nitrogens is 1. The van der Waals surface area contributed by atoms with Crippen LogP contribution in [-0.4, -0.2) is 40.6 Å². The minimum absolute atomic E-state index is 0.140. The van der Waals surface area contributed by atoms with Crippen LogP contribution in [0.3, 0.4) is 0 Å². The number of nitrogens with zero attached hydrogens (tertiary/aromatic N) is 1. The molecule has 2 rings (SSSR count). The molecule has 0 spiro atoms. The predicted molar refractivity (Wildman–Crippen MR) is 74.3 cm³/mol. The van der Waals surface area contributed by atoms with Crippen molar-refractivity contribution in [2.75, 3.05) is 19.7 Å². The normalized spacial score (nSPS) is 20.1. The number of hydrogen-bond donors (Lipinski definition) is 2. The predicted octanol–water partition coefficient (Wildman–Crippen LogP) is 1.89. The van der Waals surface area contributed by atoms with Crippen LogP contribution in [-0.2, 0) is 11.2 Å². The van der Waals surface area contributed by atoms with Crippen LogP contribution in [0.15, 0.2) is 0 Å². The Bertz CT molecular complexity index is 481. The topological polar surface area (TPSA) is 56.3 Å². The minimum atomic E-state index is 0.140. The Labute approximate surface area is 116 Å². The van der Waals surface area contributed by atoms with Crippen molar-refractivity contribution in [3.05, 3.63) is 14.5 Å². The minimum Gasteiger partial charge on any atom is -0.396 e. The van der Waals surface area contributed by atoms with Crippen molar-refractivity contribution in [1.29, 1.82) is 0 Å². The van der Waals surface area contributed by atoms with E-state index >= 15 is 0 Å². The number of aliphatic hydroxyl groups excluding tert-OH is 1. The highest BCUT2D eigenvalue weighted by atomic mass is 32.1. The van der Waals surface area contributed by atoms with Crippen LogP contribution in [0.4, 0.5) is 0 Å². The molecule has 1 unspecified atom stereocenters. The Hall–Kier alpha value is -0.720. The summed E-state index contributed by atoms with van der Waals surface area (Å²) >= 11 is 6.55. The quantitative estimate of drug-likeness (QED) is 0.834. The average molecular weight is 286 g/mol. The Morgan fingerprint density at radius 1 is 1.67 bits per heavy atom. The van der Waals surface area contributed by atoms with E-state index in [-0.39, 0.29) is 18.4 Å². The molecule has 1 fully saturated rings. The third-order valence-corrected chi connectivity index (χ3v) is 4.70. The summed E-state index contributed by atoms with van der Waals surface area (Å²) in [5.41, 5.74) is 0.995. The second kappa shape index (κ2) is 5.95. The number of aliphatic hydroxyl groups is 1. The molecule has 0 aliphatic carbocycles. The number of nitrogens with one attached hydrogen (secondary N) is 1. The second-order valence-corrected chi connectivity index (χ2v) is 6.54. The largest absolute Gasteiger partial charge is 0.396 e. The van der Waals surface area contributed by atoms with Crippen LogP contribution in [0.1, 0.15) is 23.4 Å². The zero-order valence-electron chi connectivity index (χ0n) is 10.4. The fourth-order valence-corrected chi connectivity index (χ4v) is 3.58. The number of hydrogen-bond acceptors (Lipinski definition) is 4. The maximum atomic E-state index is 12.2. The van der Waals surface area contributed by atoms with E-state index in [0.717, 1.165) is 33.9 Å². The average Bonchev–Trinajstić information content (AvgIpc) is 2.68. The zero-order chi connectivity index (χ0) is 13.1. The number of aromatic amines is 1. The van der Waals surface area contributed by atoms with Crippen molar-refractivity contribution in [3.63, 3.8) is 0 Å².